The van der Waals surface area contributed by atoms with Crippen molar-refractivity contribution in [2.75, 3.05) is 34.0 Å². The van der Waals surface area contributed by atoms with E-state index < -0.39 is 0 Å². The summed E-state index contributed by atoms with van der Waals surface area (Å²) in [5.41, 5.74) is 1.27. The van der Waals surface area contributed by atoms with Crippen molar-refractivity contribution in [2.24, 2.45) is 0 Å². The molecule has 0 saturated carbocycles. The van der Waals surface area contributed by atoms with Crippen LogP contribution in [-0.2, 0) is 11.2 Å². The van der Waals surface area contributed by atoms with Gasteiger partial charge in [0.15, 0.2) is 11.5 Å². The summed E-state index contributed by atoms with van der Waals surface area (Å²) in [6, 6.07) is 6.54. The first-order chi connectivity index (χ1) is 9.71. The standard InChI is InChI=1S/C16H27NO3/c1-5-20-16-11-14(8-9-15(16)19-4)7-6-10-17-13(2)12-18-3/h8-9,11,13,17H,5-7,10,12H2,1-4H3. The number of rotatable bonds is 10. The highest BCUT2D eigenvalue weighted by Gasteiger charge is 2.05. The topological polar surface area (TPSA) is 39.7 Å². The fourth-order valence-electron chi connectivity index (χ4n) is 2.09. The molecule has 0 aliphatic carbocycles. The number of hydrogen-bond donors (Lipinski definition) is 1. The quantitative estimate of drug-likeness (QED) is 0.669. The Morgan fingerprint density at radius 1 is 1.20 bits per heavy atom. The summed E-state index contributed by atoms with van der Waals surface area (Å²) < 4.78 is 16.0. The second-order valence-corrected chi connectivity index (χ2v) is 4.83. The van der Waals surface area contributed by atoms with Gasteiger partial charge in [-0.05, 0) is 50.9 Å². The van der Waals surface area contributed by atoms with Gasteiger partial charge in [0.2, 0.25) is 0 Å². The predicted molar refractivity (Wildman–Crippen MR) is 81.8 cm³/mol. The molecule has 0 fully saturated rings. The third-order valence-corrected chi connectivity index (χ3v) is 3.08. The summed E-state index contributed by atoms with van der Waals surface area (Å²) in [5, 5.41) is 3.44. The first-order valence-electron chi connectivity index (χ1n) is 7.23. The van der Waals surface area contributed by atoms with Gasteiger partial charge in [-0.3, -0.25) is 0 Å². The third-order valence-electron chi connectivity index (χ3n) is 3.08. The molecule has 114 valence electrons. The van der Waals surface area contributed by atoms with Gasteiger partial charge in [-0.15, -0.1) is 0 Å². The van der Waals surface area contributed by atoms with Crippen molar-refractivity contribution in [1.29, 1.82) is 0 Å². The van der Waals surface area contributed by atoms with Gasteiger partial charge in [0.25, 0.3) is 0 Å². The van der Waals surface area contributed by atoms with Gasteiger partial charge >= 0.3 is 0 Å². The number of methoxy groups -OCH3 is 2. The Morgan fingerprint density at radius 2 is 2.00 bits per heavy atom. The minimum atomic E-state index is 0.398. The molecule has 0 radical (unpaired) electrons. The summed E-state index contributed by atoms with van der Waals surface area (Å²) >= 11 is 0. The summed E-state index contributed by atoms with van der Waals surface area (Å²) in [5.74, 6) is 1.62. The molecule has 1 atom stereocenters. The maximum atomic E-state index is 5.59. The van der Waals surface area contributed by atoms with Crippen LogP contribution in [0.4, 0.5) is 0 Å². The Bertz CT molecular complexity index is 382. The molecule has 0 aliphatic rings. The van der Waals surface area contributed by atoms with E-state index in [4.69, 9.17) is 14.2 Å². The fourth-order valence-corrected chi connectivity index (χ4v) is 2.09. The van der Waals surface area contributed by atoms with Crippen LogP contribution in [0.1, 0.15) is 25.8 Å². The summed E-state index contributed by atoms with van der Waals surface area (Å²) in [6.45, 7) is 6.49. The lowest BCUT2D eigenvalue weighted by Gasteiger charge is -2.13. The molecule has 1 aromatic rings. The van der Waals surface area contributed by atoms with Crippen LogP contribution in [0.15, 0.2) is 18.2 Å². The summed E-state index contributed by atoms with van der Waals surface area (Å²) in [4.78, 5) is 0. The van der Waals surface area contributed by atoms with Crippen molar-refractivity contribution in [2.45, 2.75) is 32.7 Å². The first-order valence-corrected chi connectivity index (χ1v) is 7.23. The molecule has 0 amide bonds. The normalized spacial score (nSPS) is 12.2. The van der Waals surface area contributed by atoms with Gasteiger partial charge in [0, 0.05) is 13.2 Å². The van der Waals surface area contributed by atoms with E-state index in [1.54, 1.807) is 14.2 Å². The van der Waals surface area contributed by atoms with Crippen molar-refractivity contribution in [3.63, 3.8) is 0 Å². The lowest BCUT2D eigenvalue weighted by molar-refractivity contribution is 0.172. The molecule has 1 aromatic carbocycles. The molecule has 0 spiro atoms. The first kappa shape index (κ1) is 16.8. The van der Waals surface area contributed by atoms with Gasteiger partial charge in [-0.2, -0.15) is 0 Å². The maximum absolute atomic E-state index is 5.59. The predicted octanol–water partition coefficient (Wildman–Crippen LogP) is 2.65. The zero-order valence-electron chi connectivity index (χ0n) is 13.1. The van der Waals surface area contributed by atoms with E-state index in [0.29, 0.717) is 12.6 Å². The molecule has 4 heteroatoms. The van der Waals surface area contributed by atoms with Gasteiger partial charge in [-0.25, -0.2) is 0 Å². The van der Waals surface area contributed by atoms with E-state index in [0.717, 1.165) is 37.5 Å². The molecule has 1 rings (SSSR count). The lowest BCUT2D eigenvalue weighted by atomic mass is 10.1. The highest BCUT2D eigenvalue weighted by Crippen LogP contribution is 2.28. The van der Waals surface area contributed by atoms with E-state index in [-0.39, 0.29) is 0 Å². The van der Waals surface area contributed by atoms with E-state index in [9.17, 15) is 0 Å². The monoisotopic (exact) mass is 281 g/mol. The number of hydrogen-bond acceptors (Lipinski definition) is 4. The SMILES string of the molecule is CCOc1cc(CCCNC(C)COC)ccc1OC. The number of benzene rings is 1. The average molecular weight is 281 g/mol. The zero-order chi connectivity index (χ0) is 14.8. The Hall–Kier alpha value is -1.26. The number of nitrogens with one attached hydrogen (secondary N) is 1. The Balaban J connectivity index is 2.42. The van der Waals surface area contributed by atoms with Crippen LogP contribution in [0.2, 0.25) is 0 Å². The van der Waals surface area contributed by atoms with Crippen molar-refractivity contribution in [3.8, 4) is 11.5 Å². The van der Waals surface area contributed by atoms with E-state index in [1.807, 2.05) is 13.0 Å². The van der Waals surface area contributed by atoms with Crippen LogP contribution in [0, 0.1) is 0 Å². The van der Waals surface area contributed by atoms with Crippen molar-refractivity contribution in [3.05, 3.63) is 23.8 Å². The Morgan fingerprint density at radius 3 is 2.65 bits per heavy atom. The van der Waals surface area contributed by atoms with E-state index in [1.165, 1.54) is 5.56 Å². The minimum absolute atomic E-state index is 0.398. The third kappa shape index (κ3) is 5.80. The molecule has 0 aliphatic heterocycles. The molecule has 0 heterocycles. The molecule has 0 aromatic heterocycles. The van der Waals surface area contributed by atoms with Crippen LogP contribution in [0.25, 0.3) is 0 Å². The van der Waals surface area contributed by atoms with Crippen molar-refractivity contribution >= 4 is 0 Å². The largest absolute Gasteiger partial charge is 0.493 e. The van der Waals surface area contributed by atoms with Crippen molar-refractivity contribution < 1.29 is 14.2 Å². The van der Waals surface area contributed by atoms with E-state index >= 15 is 0 Å². The Labute approximate surface area is 122 Å². The maximum Gasteiger partial charge on any atom is 0.161 e. The summed E-state index contributed by atoms with van der Waals surface area (Å²) in [6.07, 6.45) is 2.11. The molecule has 1 unspecified atom stereocenters. The highest BCUT2D eigenvalue weighted by molar-refractivity contribution is 5.43. The molecular weight excluding hydrogens is 254 g/mol. The highest BCUT2D eigenvalue weighted by atomic mass is 16.5. The van der Waals surface area contributed by atoms with Gasteiger partial charge in [0.1, 0.15) is 0 Å². The van der Waals surface area contributed by atoms with Crippen LogP contribution in [-0.4, -0.2) is 40.0 Å². The lowest BCUT2D eigenvalue weighted by Crippen LogP contribution is -2.31. The minimum Gasteiger partial charge on any atom is -0.493 e. The second-order valence-electron chi connectivity index (χ2n) is 4.83. The van der Waals surface area contributed by atoms with E-state index in [2.05, 4.69) is 24.4 Å². The molecule has 0 bridgehead atoms. The number of ether oxygens (including phenoxy) is 3. The van der Waals surface area contributed by atoms with Gasteiger partial charge in [0.05, 0.1) is 20.3 Å². The Kier molecular flexibility index (Phi) is 8.07. The smallest absolute Gasteiger partial charge is 0.161 e. The van der Waals surface area contributed by atoms with Crippen LogP contribution < -0.4 is 14.8 Å². The van der Waals surface area contributed by atoms with Gasteiger partial charge in [-0.1, -0.05) is 6.07 Å². The van der Waals surface area contributed by atoms with Crippen LogP contribution in [0.3, 0.4) is 0 Å². The fraction of sp³-hybridized carbons (Fsp3) is 0.625. The second kappa shape index (κ2) is 9.61. The average Bonchev–Trinajstić information content (AvgIpc) is 2.44. The zero-order valence-corrected chi connectivity index (χ0v) is 13.1. The van der Waals surface area contributed by atoms with Crippen LogP contribution >= 0.6 is 0 Å². The van der Waals surface area contributed by atoms with Crippen molar-refractivity contribution in [1.82, 2.24) is 5.32 Å². The molecule has 20 heavy (non-hydrogen) atoms. The number of aryl methyl sites for hydroxylation is 1. The van der Waals surface area contributed by atoms with Crippen LogP contribution in [0.5, 0.6) is 11.5 Å². The molecule has 0 saturated heterocycles. The molecule has 1 N–H and O–H groups in total. The van der Waals surface area contributed by atoms with Gasteiger partial charge < -0.3 is 19.5 Å². The molecular formula is C16H27NO3. The summed E-state index contributed by atoms with van der Waals surface area (Å²) in [7, 11) is 3.39. The molecule has 4 nitrogen and oxygen atoms in total.